The summed E-state index contributed by atoms with van der Waals surface area (Å²) < 4.78 is 4.20. The van der Waals surface area contributed by atoms with Crippen molar-refractivity contribution >= 4 is 6.09 Å². The van der Waals surface area contributed by atoms with Crippen molar-refractivity contribution in [3.05, 3.63) is 0 Å². The first-order valence-corrected chi connectivity index (χ1v) is 2.05. The van der Waals surface area contributed by atoms with E-state index in [-0.39, 0.29) is 0 Å². The van der Waals surface area contributed by atoms with Crippen LogP contribution in [0.3, 0.4) is 0 Å². The van der Waals surface area contributed by atoms with Crippen molar-refractivity contribution < 1.29 is 9.53 Å². The summed E-state index contributed by atoms with van der Waals surface area (Å²) in [4.78, 5) is 9.85. The van der Waals surface area contributed by atoms with Crippen LogP contribution in [-0.2, 0) is 4.74 Å². The zero-order chi connectivity index (χ0) is 6.57. The number of hydrogen-bond acceptors (Lipinski definition) is 4. The number of nitrogens with two attached hydrogens (primary N) is 2. The summed E-state index contributed by atoms with van der Waals surface area (Å²) in [6.45, 7) is 0. The Hall–Kier alpha value is -0.810. The number of carbonyl (C=O) groups is 1. The molecule has 0 saturated carbocycles. The first-order chi connectivity index (χ1) is 3.66. The Labute approximate surface area is 47.0 Å². The van der Waals surface area contributed by atoms with Gasteiger partial charge in [0, 0.05) is 0 Å². The molecule has 0 spiro atoms. The van der Waals surface area contributed by atoms with Crippen molar-refractivity contribution in [2.24, 2.45) is 11.5 Å². The van der Waals surface area contributed by atoms with Gasteiger partial charge < -0.3 is 10.5 Å². The molecular formula is C3H9N3O2. The molecule has 1 atom stereocenters. The van der Waals surface area contributed by atoms with E-state index in [2.05, 4.69) is 15.8 Å². The predicted octanol–water partition coefficient (Wildman–Crippen LogP) is -1.46. The highest BCUT2D eigenvalue weighted by atomic mass is 16.6. The maximum atomic E-state index is 9.85. The number of primary amides is 1. The molecule has 48 valence electrons. The van der Waals surface area contributed by atoms with E-state index in [0.717, 1.165) is 0 Å². The fourth-order valence-electron chi connectivity index (χ4n) is 0.184. The normalized spacial score (nSPS) is 12.8. The zero-order valence-electron chi connectivity index (χ0n) is 4.55. The third-order valence-corrected chi connectivity index (χ3v) is 0.528. The molecule has 0 heterocycles. The lowest BCUT2D eigenvalue weighted by Crippen LogP contribution is -2.40. The summed E-state index contributed by atoms with van der Waals surface area (Å²) in [7, 11) is 1.55. The molecule has 0 aliphatic carbocycles. The SMILES string of the molecule is CNC(N)OC(N)=O. The van der Waals surface area contributed by atoms with Gasteiger partial charge in [-0.3, -0.25) is 11.1 Å². The molecule has 0 rings (SSSR count). The summed E-state index contributed by atoms with van der Waals surface area (Å²) in [6.07, 6.45) is -1.68. The van der Waals surface area contributed by atoms with Crippen molar-refractivity contribution in [2.75, 3.05) is 7.05 Å². The van der Waals surface area contributed by atoms with Gasteiger partial charge in [-0.2, -0.15) is 0 Å². The molecule has 0 radical (unpaired) electrons. The van der Waals surface area contributed by atoms with E-state index in [1.54, 1.807) is 7.05 Å². The minimum absolute atomic E-state index is 0.799. The van der Waals surface area contributed by atoms with E-state index in [1.165, 1.54) is 0 Å². The van der Waals surface area contributed by atoms with Gasteiger partial charge in [-0.25, -0.2) is 4.79 Å². The Bertz CT molecular complexity index is 84.6. The van der Waals surface area contributed by atoms with E-state index in [9.17, 15) is 4.79 Å². The van der Waals surface area contributed by atoms with Gasteiger partial charge in [0.15, 0.2) is 0 Å². The second kappa shape index (κ2) is 3.23. The van der Waals surface area contributed by atoms with E-state index >= 15 is 0 Å². The van der Waals surface area contributed by atoms with Gasteiger partial charge in [0.05, 0.1) is 0 Å². The Morgan fingerprint density at radius 3 is 2.50 bits per heavy atom. The maximum absolute atomic E-state index is 9.85. The fraction of sp³-hybridized carbons (Fsp3) is 0.667. The van der Waals surface area contributed by atoms with Crippen LogP contribution in [0.25, 0.3) is 0 Å². The number of ether oxygens (including phenoxy) is 1. The van der Waals surface area contributed by atoms with Crippen LogP contribution in [0.15, 0.2) is 0 Å². The van der Waals surface area contributed by atoms with Crippen molar-refractivity contribution in [2.45, 2.75) is 6.35 Å². The van der Waals surface area contributed by atoms with Gasteiger partial charge in [-0.1, -0.05) is 0 Å². The highest BCUT2D eigenvalue weighted by molar-refractivity contribution is 5.64. The predicted molar refractivity (Wildman–Crippen MR) is 27.7 cm³/mol. The molecule has 5 N–H and O–H groups in total. The molecule has 8 heavy (non-hydrogen) atoms. The van der Waals surface area contributed by atoms with E-state index in [0.29, 0.717) is 0 Å². The minimum Gasteiger partial charge on any atom is -0.417 e. The zero-order valence-corrected chi connectivity index (χ0v) is 4.55. The molecule has 0 aromatic heterocycles. The van der Waals surface area contributed by atoms with Gasteiger partial charge in [-0.15, -0.1) is 0 Å². The van der Waals surface area contributed by atoms with Crippen molar-refractivity contribution in [1.82, 2.24) is 5.32 Å². The molecule has 0 aromatic carbocycles. The summed E-state index contributed by atoms with van der Waals surface area (Å²) in [5.74, 6) is 0. The molecule has 0 aliphatic rings. The van der Waals surface area contributed by atoms with Gasteiger partial charge in [-0.05, 0) is 7.05 Å². The number of carbonyl (C=O) groups excluding carboxylic acids is 1. The van der Waals surface area contributed by atoms with Crippen LogP contribution in [0, 0.1) is 0 Å². The molecule has 0 bridgehead atoms. The van der Waals surface area contributed by atoms with Gasteiger partial charge in [0.1, 0.15) is 0 Å². The Balaban J connectivity index is 3.24. The Morgan fingerprint density at radius 1 is 1.88 bits per heavy atom. The standard InChI is InChI=1S/C3H9N3O2/c1-6-2(4)8-3(5)7/h2,6H,4H2,1H3,(H2,5,7). The number of amides is 1. The average molecular weight is 119 g/mol. The second-order valence-electron chi connectivity index (χ2n) is 1.15. The highest BCUT2D eigenvalue weighted by Crippen LogP contribution is 1.72. The topological polar surface area (TPSA) is 90.4 Å². The molecule has 0 aromatic rings. The molecule has 1 amide bonds. The van der Waals surface area contributed by atoms with Crippen LogP contribution < -0.4 is 16.8 Å². The number of nitrogens with one attached hydrogen (secondary N) is 1. The minimum atomic E-state index is -0.883. The van der Waals surface area contributed by atoms with Gasteiger partial charge in [0.25, 0.3) is 0 Å². The lowest BCUT2D eigenvalue weighted by Gasteiger charge is -2.07. The average Bonchev–Trinajstić information content (AvgIpc) is 1.65. The lowest BCUT2D eigenvalue weighted by molar-refractivity contribution is 0.0949. The first-order valence-electron chi connectivity index (χ1n) is 2.05. The smallest absolute Gasteiger partial charge is 0.407 e. The summed E-state index contributed by atoms with van der Waals surface area (Å²) in [5.41, 5.74) is 9.63. The summed E-state index contributed by atoms with van der Waals surface area (Å²) in [6, 6.07) is 0. The quantitative estimate of drug-likeness (QED) is 0.387. The molecule has 0 saturated heterocycles. The Kier molecular flexibility index (Phi) is 2.90. The number of hydrogen-bond donors (Lipinski definition) is 3. The van der Waals surface area contributed by atoms with Crippen molar-refractivity contribution in [3.63, 3.8) is 0 Å². The fourth-order valence-corrected chi connectivity index (χ4v) is 0.184. The third kappa shape index (κ3) is 3.38. The molecule has 5 nitrogen and oxygen atoms in total. The third-order valence-electron chi connectivity index (χ3n) is 0.528. The highest BCUT2D eigenvalue weighted by Gasteiger charge is 1.99. The second-order valence-corrected chi connectivity index (χ2v) is 1.15. The summed E-state index contributed by atoms with van der Waals surface area (Å²) in [5, 5.41) is 2.45. The van der Waals surface area contributed by atoms with Crippen LogP contribution in [0.4, 0.5) is 4.79 Å². The molecule has 1 unspecified atom stereocenters. The van der Waals surface area contributed by atoms with Gasteiger partial charge in [0.2, 0.25) is 6.35 Å². The van der Waals surface area contributed by atoms with Crippen molar-refractivity contribution in [1.29, 1.82) is 0 Å². The first kappa shape index (κ1) is 7.19. The molecule has 0 fully saturated rings. The van der Waals surface area contributed by atoms with Crippen LogP contribution in [-0.4, -0.2) is 19.5 Å². The van der Waals surface area contributed by atoms with Crippen LogP contribution >= 0.6 is 0 Å². The van der Waals surface area contributed by atoms with Crippen molar-refractivity contribution in [3.8, 4) is 0 Å². The van der Waals surface area contributed by atoms with Gasteiger partial charge >= 0.3 is 6.09 Å². The summed E-state index contributed by atoms with van der Waals surface area (Å²) >= 11 is 0. The van der Waals surface area contributed by atoms with Crippen LogP contribution in [0.5, 0.6) is 0 Å². The van der Waals surface area contributed by atoms with E-state index in [4.69, 9.17) is 5.73 Å². The molecule has 0 aliphatic heterocycles. The maximum Gasteiger partial charge on any atom is 0.407 e. The molecular weight excluding hydrogens is 110 g/mol. The Morgan fingerprint density at radius 2 is 2.38 bits per heavy atom. The molecule has 5 heteroatoms. The number of rotatable bonds is 2. The van der Waals surface area contributed by atoms with Crippen LogP contribution in [0.1, 0.15) is 0 Å². The van der Waals surface area contributed by atoms with E-state index < -0.39 is 12.4 Å². The van der Waals surface area contributed by atoms with E-state index in [1.807, 2.05) is 0 Å². The van der Waals surface area contributed by atoms with Crippen LogP contribution in [0.2, 0.25) is 0 Å². The monoisotopic (exact) mass is 119 g/mol. The lowest BCUT2D eigenvalue weighted by atomic mass is 10.9. The largest absolute Gasteiger partial charge is 0.417 e.